The molecular formula is C10H16O3. The lowest BCUT2D eigenvalue weighted by atomic mass is 9.62. The Balaban J connectivity index is 2.42. The number of aliphatic hydroxyl groups is 1. The van der Waals surface area contributed by atoms with Crippen molar-refractivity contribution in [3.63, 3.8) is 0 Å². The summed E-state index contributed by atoms with van der Waals surface area (Å²) in [6.45, 7) is 5.74. The van der Waals surface area contributed by atoms with Crippen molar-refractivity contribution in [3.8, 4) is 0 Å². The first-order valence-electron chi connectivity index (χ1n) is 4.78. The molecule has 2 aliphatic rings. The highest BCUT2D eigenvalue weighted by Crippen LogP contribution is 2.52. The molecule has 1 heterocycles. The second-order valence-electron chi connectivity index (χ2n) is 5.08. The lowest BCUT2D eigenvalue weighted by Gasteiger charge is -2.42. The van der Waals surface area contributed by atoms with Gasteiger partial charge in [0.2, 0.25) is 0 Å². The van der Waals surface area contributed by atoms with Crippen LogP contribution in [0.25, 0.3) is 0 Å². The minimum Gasteiger partial charge on any atom is -0.461 e. The normalized spacial score (nSPS) is 47.5. The Morgan fingerprint density at radius 3 is 2.62 bits per heavy atom. The number of rotatable bonds is 0. The van der Waals surface area contributed by atoms with E-state index in [-0.39, 0.29) is 23.4 Å². The molecule has 2 bridgehead atoms. The molecule has 2 rings (SSSR count). The fourth-order valence-corrected chi connectivity index (χ4v) is 2.90. The van der Waals surface area contributed by atoms with Crippen LogP contribution in [0, 0.1) is 11.3 Å². The highest BCUT2D eigenvalue weighted by Gasteiger charge is 2.61. The summed E-state index contributed by atoms with van der Waals surface area (Å²) in [4.78, 5) is 11.5. The molecule has 0 spiro atoms. The van der Waals surface area contributed by atoms with Crippen LogP contribution in [0.4, 0.5) is 0 Å². The number of fused-ring (bicyclic) bond motifs is 2. The van der Waals surface area contributed by atoms with E-state index < -0.39 is 5.60 Å². The van der Waals surface area contributed by atoms with Gasteiger partial charge in [0, 0.05) is 5.41 Å². The Labute approximate surface area is 78.1 Å². The van der Waals surface area contributed by atoms with Crippen molar-refractivity contribution in [1.29, 1.82) is 0 Å². The maximum absolute atomic E-state index is 11.5. The van der Waals surface area contributed by atoms with Crippen LogP contribution in [0.2, 0.25) is 0 Å². The number of hydrogen-bond donors (Lipinski definition) is 1. The second-order valence-corrected chi connectivity index (χ2v) is 5.08. The third kappa shape index (κ3) is 1.03. The van der Waals surface area contributed by atoms with Gasteiger partial charge < -0.3 is 9.84 Å². The van der Waals surface area contributed by atoms with E-state index in [9.17, 15) is 9.90 Å². The summed E-state index contributed by atoms with van der Waals surface area (Å²) < 4.78 is 5.24. The van der Waals surface area contributed by atoms with Crippen molar-refractivity contribution >= 4 is 5.97 Å². The molecule has 2 fully saturated rings. The molecule has 74 valence electrons. The SMILES string of the molecule is CC1(C)[C@@H]2CC[C@](C)(O)[C@H]1C(=O)O2. The van der Waals surface area contributed by atoms with E-state index in [0.717, 1.165) is 6.42 Å². The predicted octanol–water partition coefficient (Wildman–Crippen LogP) is 1.10. The molecular weight excluding hydrogens is 168 g/mol. The first-order chi connectivity index (χ1) is 5.86. The molecule has 1 aliphatic heterocycles. The van der Waals surface area contributed by atoms with Gasteiger partial charge >= 0.3 is 5.97 Å². The summed E-state index contributed by atoms with van der Waals surface area (Å²) in [5, 5.41) is 10.1. The molecule has 0 aromatic carbocycles. The standard InChI is InChI=1S/C10H16O3/c1-9(2)6-4-5-10(3,12)7(9)8(11)13-6/h6-7,12H,4-5H2,1-3H3/t6-,7-,10-/m0/s1. The summed E-state index contributed by atoms with van der Waals surface area (Å²) in [7, 11) is 0. The largest absolute Gasteiger partial charge is 0.461 e. The number of carbonyl (C=O) groups is 1. The first kappa shape index (κ1) is 9.00. The molecule has 3 nitrogen and oxygen atoms in total. The Morgan fingerprint density at radius 2 is 2.08 bits per heavy atom. The number of ether oxygens (including phenoxy) is 1. The van der Waals surface area contributed by atoms with E-state index in [0.29, 0.717) is 6.42 Å². The second kappa shape index (κ2) is 2.27. The van der Waals surface area contributed by atoms with Crippen LogP contribution in [0.1, 0.15) is 33.6 Å². The highest BCUT2D eigenvalue weighted by molar-refractivity contribution is 5.78. The lowest BCUT2D eigenvalue weighted by molar-refractivity contribution is -0.147. The molecule has 3 heteroatoms. The van der Waals surface area contributed by atoms with E-state index in [2.05, 4.69) is 0 Å². The number of esters is 1. The van der Waals surface area contributed by atoms with Gasteiger partial charge in [0.1, 0.15) is 6.10 Å². The Bertz CT molecular complexity index is 255. The molecule has 1 aliphatic carbocycles. The predicted molar refractivity (Wildman–Crippen MR) is 47.0 cm³/mol. The minimum absolute atomic E-state index is 0.00484. The molecule has 1 saturated carbocycles. The van der Waals surface area contributed by atoms with Gasteiger partial charge in [-0.1, -0.05) is 13.8 Å². The molecule has 0 amide bonds. The van der Waals surface area contributed by atoms with Gasteiger partial charge in [-0.15, -0.1) is 0 Å². The van der Waals surface area contributed by atoms with E-state index in [1.54, 1.807) is 6.92 Å². The Hall–Kier alpha value is -0.570. The molecule has 1 saturated heterocycles. The number of carbonyl (C=O) groups excluding carboxylic acids is 1. The molecule has 13 heavy (non-hydrogen) atoms. The van der Waals surface area contributed by atoms with Crippen molar-refractivity contribution in [3.05, 3.63) is 0 Å². The van der Waals surface area contributed by atoms with Gasteiger partial charge in [0.15, 0.2) is 0 Å². The van der Waals surface area contributed by atoms with Crippen LogP contribution in [0.5, 0.6) is 0 Å². The summed E-state index contributed by atoms with van der Waals surface area (Å²) in [6.07, 6.45) is 1.45. The van der Waals surface area contributed by atoms with Crippen LogP contribution in [-0.4, -0.2) is 22.8 Å². The van der Waals surface area contributed by atoms with Gasteiger partial charge in [0.25, 0.3) is 0 Å². The minimum atomic E-state index is -0.881. The topological polar surface area (TPSA) is 46.5 Å². The average molecular weight is 184 g/mol. The summed E-state index contributed by atoms with van der Waals surface area (Å²) in [6, 6.07) is 0. The van der Waals surface area contributed by atoms with E-state index in [1.807, 2.05) is 13.8 Å². The average Bonchev–Trinajstić information content (AvgIpc) is 2.06. The van der Waals surface area contributed by atoms with Crippen molar-refractivity contribution in [2.45, 2.75) is 45.3 Å². The molecule has 3 atom stereocenters. The summed E-state index contributed by atoms with van der Waals surface area (Å²) in [5.41, 5.74) is -1.09. The van der Waals surface area contributed by atoms with Gasteiger partial charge in [-0.2, -0.15) is 0 Å². The van der Waals surface area contributed by atoms with Crippen molar-refractivity contribution in [2.24, 2.45) is 11.3 Å². The zero-order valence-electron chi connectivity index (χ0n) is 8.33. The molecule has 1 N–H and O–H groups in total. The monoisotopic (exact) mass is 184 g/mol. The third-order valence-electron chi connectivity index (χ3n) is 3.60. The maximum Gasteiger partial charge on any atom is 0.312 e. The zero-order chi connectivity index (χ0) is 9.85. The fourth-order valence-electron chi connectivity index (χ4n) is 2.90. The molecule has 0 aromatic rings. The molecule has 0 radical (unpaired) electrons. The van der Waals surface area contributed by atoms with E-state index in [1.165, 1.54) is 0 Å². The van der Waals surface area contributed by atoms with Crippen LogP contribution < -0.4 is 0 Å². The van der Waals surface area contributed by atoms with E-state index in [4.69, 9.17) is 4.74 Å². The molecule has 0 aromatic heterocycles. The summed E-state index contributed by atoms with van der Waals surface area (Å²) in [5.74, 6) is -0.573. The Kier molecular flexibility index (Phi) is 1.57. The quantitative estimate of drug-likeness (QED) is 0.573. The van der Waals surface area contributed by atoms with Crippen LogP contribution in [0.15, 0.2) is 0 Å². The zero-order valence-corrected chi connectivity index (χ0v) is 8.33. The highest BCUT2D eigenvalue weighted by atomic mass is 16.6. The van der Waals surface area contributed by atoms with Gasteiger partial charge in [-0.25, -0.2) is 0 Å². The Morgan fingerprint density at radius 1 is 1.46 bits per heavy atom. The van der Waals surface area contributed by atoms with Crippen LogP contribution in [-0.2, 0) is 9.53 Å². The smallest absolute Gasteiger partial charge is 0.312 e. The van der Waals surface area contributed by atoms with Gasteiger partial charge in [0.05, 0.1) is 11.5 Å². The van der Waals surface area contributed by atoms with Crippen LogP contribution >= 0.6 is 0 Å². The van der Waals surface area contributed by atoms with Crippen molar-refractivity contribution < 1.29 is 14.6 Å². The van der Waals surface area contributed by atoms with Crippen LogP contribution in [0.3, 0.4) is 0 Å². The lowest BCUT2D eigenvalue weighted by Crippen LogP contribution is -2.50. The summed E-state index contributed by atoms with van der Waals surface area (Å²) >= 11 is 0. The first-order valence-corrected chi connectivity index (χ1v) is 4.78. The van der Waals surface area contributed by atoms with Gasteiger partial charge in [-0.3, -0.25) is 4.79 Å². The maximum atomic E-state index is 11.5. The fraction of sp³-hybridized carbons (Fsp3) is 0.900. The van der Waals surface area contributed by atoms with Crippen molar-refractivity contribution in [2.75, 3.05) is 0 Å². The van der Waals surface area contributed by atoms with Gasteiger partial charge in [-0.05, 0) is 19.8 Å². The van der Waals surface area contributed by atoms with E-state index >= 15 is 0 Å². The third-order valence-corrected chi connectivity index (χ3v) is 3.60. The molecule has 0 unspecified atom stereocenters. The van der Waals surface area contributed by atoms with Crippen molar-refractivity contribution in [1.82, 2.24) is 0 Å². The number of hydrogen-bond acceptors (Lipinski definition) is 3.